The van der Waals surface area contributed by atoms with E-state index in [1.54, 1.807) is 0 Å². The molecule has 0 bridgehead atoms. The molecule has 2 radical (unpaired) electrons. The van der Waals surface area contributed by atoms with E-state index < -0.39 is 0 Å². The minimum atomic E-state index is -0.266. The second-order valence-corrected chi connectivity index (χ2v) is 5.53. The van der Waals surface area contributed by atoms with Crippen molar-refractivity contribution in [1.82, 2.24) is 5.32 Å². The number of hydrogen-bond acceptors (Lipinski definition) is 2. The molecule has 0 aromatic rings. The summed E-state index contributed by atoms with van der Waals surface area (Å²) in [6.07, 6.45) is 0.283. The van der Waals surface area contributed by atoms with E-state index in [2.05, 4.69) is 5.32 Å². The van der Waals surface area contributed by atoms with Gasteiger partial charge < -0.3 is 0 Å². The van der Waals surface area contributed by atoms with Crippen LogP contribution in [-0.2, 0) is 9.59 Å². The molecule has 1 saturated heterocycles. The Hall–Kier alpha value is -0.353. The van der Waals surface area contributed by atoms with Crippen LogP contribution in [0, 0.1) is 5.92 Å². The molecule has 66 valence electrons. The van der Waals surface area contributed by atoms with Gasteiger partial charge in [-0.1, -0.05) is 13.8 Å². The Labute approximate surface area is 78.4 Å². The average molecular weight is 204 g/mol. The van der Waals surface area contributed by atoms with Crippen LogP contribution < -0.4 is 5.32 Å². The van der Waals surface area contributed by atoms with Crippen LogP contribution in [0.25, 0.3) is 0 Å². The summed E-state index contributed by atoms with van der Waals surface area (Å²) in [5, 5.41) is 2.01. The molecule has 3 nitrogen and oxygen atoms in total. The number of amides is 2. The Morgan fingerprint density at radius 1 is 1.58 bits per heavy atom. The number of imide groups is 1. The molecule has 1 unspecified atom stereocenters. The van der Waals surface area contributed by atoms with E-state index in [1.165, 1.54) is 0 Å². The van der Waals surface area contributed by atoms with E-state index in [0.29, 0.717) is 0 Å². The zero-order valence-corrected chi connectivity index (χ0v) is 8.73. The van der Waals surface area contributed by atoms with Gasteiger partial charge >= 0.3 is 0 Å². The number of rotatable bonds is 2. The summed E-state index contributed by atoms with van der Waals surface area (Å²) in [7, 11) is 0.153. The molecule has 0 aromatic heterocycles. The highest BCUT2D eigenvalue weighted by Gasteiger charge is 2.41. The van der Waals surface area contributed by atoms with E-state index in [-0.39, 0.29) is 38.0 Å². The van der Waals surface area contributed by atoms with Gasteiger partial charge in [-0.2, -0.15) is 11.1 Å². The number of nitrogens with one attached hydrogen (secondary N) is 1. The molecule has 1 fully saturated rings. The molecule has 1 heterocycles. The van der Waals surface area contributed by atoms with Crippen molar-refractivity contribution in [3.63, 3.8) is 0 Å². The number of carbonyl (C=O) groups is 2. The smallest absolute Gasteiger partial charge is 0.230 e. The van der Waals surface area contributed by atoms with Crippen LogP contribution in [0.4, 0.5) is 0 Å². The average Bonchev–Trinajstić information content (AvgIpc) is 2.31. The molecule has 1 rings (SSSR count). The van der Waals surface area contributed by atoms with Crippen LogP contribution in [0.5, 0.6) is 0 Å². The maximum Gasteiger partial charge on any atom is 0.230 e. The van der Waals surface area contributed by atoms with Crippen molar-refractivity contribution in [2.75, 3.05) is 0 Å². The minimum absolute atomic E-state index is 0.153. The van der Waals surface area contributed by atoms with Gasteiger partial charge in [-0.3, -0.25) is 14.9 Å². The fraction of sp³-hybridized carbons (Fsp3) is 0.714. The maximum absolute atomic E-state index is 11.2. The lowest BCUT2D eigenvalue weighted by Gasteiger charge is -2.24. The zero-order valence-electron chi connectivity index (χ0n) is 6.98. The highest BCUT2D eigenvalue weighted by Crippen LogP contribution is 2.38. The molecule has 5 heteroatoms. The molecule has 0 aliphatic carbocycles. The molecule has 1 atom stereocenters. The second kappa shape index (κ2) is 3.18. The van der Waals surface area contributed by atoms with E-state index in [1.807, 2.05) is 13.8 Å². The molecule has 12 heavy (non-hydrogen) atoms. The lowest BCUT2D eigenvalue weighted by molar-refractivity contribution is -0.126. The predicted molar refractivity (Wildman–Crippen MR) is 46.9 cm³/mol. The van der Waals surface area contributed by atoms with E-state index in [9.17, 15) is 9.59 Å². The first-order chi connectivity index (χ1) is 5.47. The summed E-state index contributed by atoms with van der Waals surface area (Å²) in [6.45, 7) is 3.81. The van der Waals surface area contributed by atoms with Crippen LogP contribution in [-0.4, -0.2) is 20.6 Å². The monoisotopic (exact) mass is 203 g/mol. The summed E-state index contributed by atoms with van der Waals surface area (Å²) in [6, 6.07) is 0. The van der Waals surface area contributed by atoms with Crippen LogP contribution in [0.2, 0.25) is 5.04 Å². The molecule has 1 N–H and O–H groups in total. The van der Waals surface area contributed by atoms with Crippen molar-refractivity contribution < 1.29 is 9.59 Å². The summed E-state index contributed by atoms with van der Waals surface area (Å²) in [5.74, 6) is -0.619. The number of carbonyl (C=O) groups excluding carboxylic acids is 2. The predicted octanol–water partition coefficient (Wildman–Crippen LogP) is 0.706. The van der Waals surface area contributed by atoms with Gasteiger partial charge in [0.25, 0.3) is 0 Å². The SMILES string of the molecule is CC(C)([Si]Cl)C1CC(=O)NC1=O. The van der Waals surface area contributed by atoms with Crippen molar-refractivity contribution in [3.8, 4) is 0 Å². The van der Waals surface area contributed by atoms with Gasteiger partial charge in [0.2, 0.25) is 11.8 Å². The molecule has 1 aliphatic heterocycles. The summed E-state index contributed by atoms with van der Waals surface area (Å²) >= 11 is 5.72. The Bertz CT molecular complexity index is 229. The number of hydrogen-bond donors (Lipinski definition) is 1. The van der Waals surface area contributed by atoms with Crippen molar-refractivity contribution in [2.24, 2.45) is 5.92 Å². The number of halogens is 1. The van der Waals surface area contributed by atoms with Gasteiger partial charge in [0.15, 0.2) is 8.83 Å². The molecule has 2 amide bonds. The lowest BCUT2D eigenvalue weighted by Crippen LogP contribution is -2.29. The lowest BCUT2D eigenvalue weighted by atomic mass is 9.93. The molecular weight excluding hydrogens is 194 g/mol. The fourth-order valence-corrected chi connectivity index (χ4v) is 1.96. The van der Waals surface area contributed by atoms with Crippen molar-refractivity contribution in [3.05, 3.63) is 0 Å². The third kappa shape index (κ3) is 1.69. The van der Waals surface area contributed by atoms with Crippen LogP contribution >= 0.6 is 11.1 Å². The van der Waals surface area contributed by atoms with E-state index >= 15 is 0 Å². The molecular formula is C7H10ClNO2Si. The third-order valence-electron chi connectivity index (χ3n) is 2.08. The first-order valence-electron chi connectivity index (χ1n) is 3.69. The summed E-state index contributed by atoms with van der Waals surface area (Å²) in [5.41, 5.74) is 0. The first-order valence-corrected chi connectivity index (χ1v) is 5.70. The van der Waals surface area contributed by atoms with Crippen LogP contribution in [0.1, 0.15) is 20.3 Å². The highest BCUT2D eigenvalue weighted by atomic mass is 35.6. The van der Waals surface area contributed by atoms with Gasteiger partial charge in [0, 0.05) is 6.42 Å². The minimum Gasteiger partial charge on any atom is -0.296 e. The standard InChI is InChI=1S/C7H10ClNO2Si/c1-7(2,12-8)4-3-5(10)9-6(4)11/h4H,3H2,1-2H3,(H,9,10,11). The molecule has 0 aromatic carbocycles. The quantitative estimate of drug-likeness (QED) is 0.408. The van der Waals surface area contributed by atoms with Gasteiger partial charge in [0.05, 0.1) is 5.92 Å². The zero-order chi connectivity index (χ0) is 9.35. The Balaban J connectivity index is 2.76. The summed E-state index contributed by atoms with van der Waals surface area (Å²) < 4.78 is 0. The van der Waals surface area contributed by atoms with E-state index in [4.69, 9.17) is 11.1 Å². The highest BCUT2D eigenvalue weighted by molar-refractivity contribution is 6.95. The van der Waals surface area contributed by atoms with Gasteiger partial charge in [0.1, 0.15) is 0 Å². The van der Waals surface area contributed by atoms with Crippen LogP contribution in [0.3, 0.4) is 0 Å². The van der Waals surface area contributed by atoms with Crippen LogP contribution in [0.15, 0.2) is 0 Å². The fourth-order valence-electron chi connectivity index (χ4n) is 1.20. The molecule has 1 aliphatic rings. The Kier molecular flexibility index (Phi) is 2.58. The second-order valence-electron chi connectivity index (χ2n) is 3.49. The van der Waals surface area contributed by atoms with Crippen molar-refractivity contribution >= 4 is 31.7 Å². The summed E-state index contributed by atoms with van der Waals surface area (Å²) in [4.78, 5) is 22.1. The maximum atomic E-state index is 11.2. The normalized spacial score (nSPS) is 24.4. The molecule has 0 spiro atoms. The van der Waals surface area contributed by atoms with E-state index in [0.717, 1.165) is 0 Å². The largest absolute Gasteiger partial charge is 0.296 e. The van der Waals surface area contributed by atoms with Crippen molar-refractivity contribution in [2.45, 2.75) is 25.3 Å². The van der Waals surface area contributed by atoms with Gasteiger partial charge in [-0.15, -0.1) is 0 Å². The Morgan fingerprint density at radius 2 is 2.17 bits per heavy atom. The molecule has 0 saturated carbocycles. The van der Waals surface area contributed by atoms with Crippen molar-refractivity contribution in [1.29, 1.82) is 0 Å². The van der Waals surface area contributed by atoms with Gasteiger partial charge in [-0.05, 0) is 5.04 Å². The third-order valence-corrected chi connectivity index (χ3v) is 4.38. The first kappa shape index (κ1) is 9.73. The Morgan fingerprint density at radius 3 is 2.50 bits per heavy atom. The topological polar surface area (TPSA) is 46.2 Å². The van der Waals surface area contributed by atoms with Gasteiger partial charge in [-0.25, -0.2) is 0 Å².